The zero-order chi connectivity index (χ0) is 21.3. The average Bonchev–Trinajstić information content (AvgIpc) is 2.71. The number of hydrogen-bond acceptors (Lipinski definition) is 10. The lowest BCUT2D eigenvalue weighted by atomic mass is 9.98. The molecule has 0 saturated carbocycles. The van der Waals surface area contributed by atoms with Crippen molar-refractivity contribution in [2.24, 2.45) is 0 Å². The molecule has 10 nitrogen and oxygen atoms in total. The summed E-state index contributed by atoms with van der Waals surface area (Å²) in [7, 11) is 1.53. The fourth-order valence-electron chi connectivity index (χ4n) is 3.31. The van der Waals surface area contributed by atoms with Crippen molar-refractivity contribution in [1.29, 1.82) is 0 Å². The van der Waals surface area contributed by atoms with Crippen LogP contribution < -0.4 is 9.47 Å². The topological polar surface area (TPSA) is 147 Å². The molecule has 2 saturated heterocycles. The number of aliphatic hydroxyl groups excluding tert-OH is 5. The highest BCUT2D eigenvalue weighted by Gasteiger charge is 2.50. The SMILES string of the molecule is COc1ccc(O[C@@H]2O[C@@H](C)[C@@H](O)[C@@H](O)[C@@H]2O[C@H]2O[C@@H](C)[C@@H](O)[C@@H](O)[C@@H]2O)cc1. The van der Waals surface area contributed by atoms with Crippen molar-refractivity contribution in [2.75, 3.05) is 7.11 Å². The van der Waals surface area contributed by atoms with Crippen LogP contribution in [0.15, 0.2) is 24.3 Å². The largest absolute Gasteiger partial charge is 0.497 e. The lowest BCUT2D eigenvalue weighted by molar-refractivity contribution is -0.352. The molecule has 0 unspecified atom stereocenters. The maximum Gasteiger partial charge on any atom is 0.229 e. The van der Waals surface area contributed by atoms with Crippen LogP contribution in [-0.4, -0.2) is 94.1 Å². The lowest BCUT2D eigenvalue weighted by Crippen LogP contribution is -2.63. The first-order chi connectivity index (χ1) is 13.7. The van der Waals surface area contributed by atoms with Gasteiger partial charge in [0.15, 0.2) is 12.4 Å². The van der Waals surface area contributed by atoms with E-state index in [1.807, 2.05) is 0 Å². The molecule has 164 valence electrons. The number of rotatable bonds is 5. The third-order valence-corrected chi connectivity index (χ3v) is 5.20. The molecule has 2 heterocycles. The fraction of sp³-hybridized carbons (Fsp3) is 0.684. The molecule has 1 aromatic carbocycles. The Morgan fingerprint density at radius 2 is 1.21 bits per heavy atom. The van der Waals surface area contributed by atoms with E-state index in [0.717, 1.165) is 0 Å². The minimum atomic E-state index is -1.58. The number of ether oxygens (including phenoxy) is 5. The normalized spacial score (nSPS) is 43.0. The van der Waals surface area contributed by atoms with Crippen LogP contribution in [0.4, 0.5) is 0 Å². The van der Waals surface area contributed by atoms with Gasteiger partial charge in [-0.1, -0.05) is 0 Å². The molecular formula is C19H28O10. The highest BCUT2D eigenvalue weighted by molar-refractivity contribution is 5.31. The molecule has 1 aromatic rings. The van der Waals surface area contributed by atoms with E-state index in [4.69, 9.17) is 23.7 Å². The monoisotopic (exact) mass is 416 g/mol. The Balaban J connectivity index is 1.77. The van der Waals surface area contributed by atoms with Gasteiger partial charge in [0.25, 0.3) is 0 Å². The minimum absolute atomic E-state index is 0.397. The molecular weight excluding hydrogens is 388 g/mol. The maximum atomic E-state index is 10.5. The zero-order valence-corrected chi connectivity index (χ0v) is 16.4. The second-order valence-electron chi connectivity index (χ2n) is 7.27. The Morgan fingerprint density at radius 1 is 0.690 bits per heavy atom. The van der Waals surface area contributed by atoms with Gasteiger partial charge in [-0.25, -0.2) is 0 Å². The fourth-order valence-corrected chi connectivity index (χ4v) is 3.31. The molecule has 0 aromatic heterocycles. The number of hydrogen-bond donors (Lipinski definition) is 5. The van der Waals surface area contributed by atoms with Crippen LogP contribution in [0.1, 0.15) is 13.8 Å². The molecule has 3 rings (SSSR count). The molecule has 2 aliphatic heterocycles. The van der Waals surface area contributed by atoms with Gasteiger partial charge in [0, 0.05) is 0 Å². The van der Waals surface area contributed by atoms with Gasteiger partial charge in [-0.2, -0.15) is 0 Å². The van der Waals surface area contributed by atoms with Crippen molar-refractivity contribution in [3.05, 3.63) is 24.3 Å². The predicted molar refractivity (Wildman–Crippen MR) is 97.2 cm³/mol. The Hall–Kier alpha value is -1.50. The first-order valence-corrected chi connectivity index (χ1v) is 9.40. The van der Waals surface area contributed by atoms with Crippen LogP contribution in [0.25, 0.3) is 0 Å². The standard InChI is InChI=1S/C19H28O10/c1-8-12(20)14(22)16(24)18(26-8)29-17-15(23)13(21)9(2)27-19(17)28-11-6-4-10(25-3)5-7-11/h4-9,12-24H,1-3H3/t8-,9-,12+,13+,14+,15+,16-,17-,18+,19-/m0/s1. The molecule has 5 N–H and O–H groups in total. The molecule has 2 fully saturated rings. The van der Waals surface area contributed by atoms with Gasteiger partial charge in [0.2, 0.25) is 6.29 Å². The first-order valence-electron chi connectivity index (χ1n) is 9.40. The Bertz CT molecular complexity index is 655. The molecule has 0 bridgehead atoms. The maximum absolute atomic E-state index is 10.5. The van der Waals surface area contributed by atoms with Crippen molar-refractivity contribution in [3.63, 3.8) is 0 Å². The average molecular weight is 416 g/mol. The van der Waals surface area contributed by atoms with E-state index in [0.29, 0.717) is 11.5 Å². The van der Waals surface area contributed by atoms with E-state index in [9.17, 15) is 25.5 Å². The van der Waals surface area contributed by atoms with Crippen LogP contribution in [-0.2, 0) is 14.2 Å². The Labute approximate surface area is 168 Å². The highest BCUT2D eigenvalue weighted by atomic mass is 16.8. The summed E-state index contributed by atoms with van der Waals surface area (Å²) >= 11 is 0. The van der Waals surface area contributed by atoms with Gasteiger partial charge < -0.3 is 49.2 Å². The summed E-state index contributed by atoms with van der Waals surface area (Å²) < 4.78 is 27.6. The minimum Gasteiger partial charge on any atom is -0.497 e. The molecule has 2 aliphatic rings. The summed E-state index contributed by atoms with van der Waals surface area (Å²) in [5.41, 5.74) is 0. The van der Waals surface area contributed by atoms with Crippen LogP contribution in [0.3, 0.4) is 0 Å². The third kappa shape index (κ3) is 4.65. The number of methoxy groups -OCH3 is 1. The second kappa shape index (κ2) is 9.11. The van der Waals surface area contributed by atoms with Crippen molar-refractivity contribution in [3.8, 4) is 11.5 Å². The van der Waals surface area contributed by atoms with Crippen LogP contribution in [0.5, 0.6) is 11.5 Å². The molecule has 0 spiro atoms. The van der Waals surface area contributed by atoms with Gasteiger partial charge in [-0.15, -0.1) is 0 Å². The second-order valence-corrected chi connectivity index (χ2v) is 7.27. The molecule has 10 heteroatoms. The molecule has 0 amide bonds. The van der Waals surface area contributed by atoms with Gasteiger partial charge >= 0.3 is 0 Å². The zero-order valence-electron chi connectivity index (χ0n) is 16.4. The summed E-state index contributed by atoms with van der Waals surface area (Å²) in [4.78, 5) is 0. The van der Waals surface area contributed by atoms with Crippen LogP contribution in [0, 0.1) is 0 Å². The quantitative estimate of drug-likeness (QED) is 0.394. The summed E-state index contributed by atoms with van der Waals surface area (Å²) in [6.45, 7) is 3.08. The van der Waals surface area contributed by atoms with Crippen molar-refractivity contribution >= 4 is 0 Å². The Kier molecular flexibility index (Phi) is 6.97. The molecule has 29 heavy (non-hydrogen) atoms. The van der Waals surface area contributed by atoms with E-state index in [1.165, 1.54) is 14.0 Å². The van der Waals surface area contributed by atoms with Crippen molar-refractivity contribution in [1.82, 2.24) is 0 Å². The lowest BCUT2D eigenvalue weighted by Gasteiger charge is -2.45. The summed E-state index contributed by atoms with van der Waals surface area (Å²) in [6.07, 6.45) is -12.4. The smallest absolute Gasteiger partial charge is 0.229 e. The summed E-state index contributed by atoms with van der Waals surface area (Å²) in [6, 6.07) is 6.62. The number of aliphatic hydroxyl groups is 5. The van der Waals surface area contributed by atoms with E-state index < -0.39 is 61.4 Å². The first kappa shape index (κ1) is 22.2. The van der Waals surface area contributed by atoms with Gasteiger partial charge in [-0.3, -0.25) is 0 Å². The van der Waals surface area contributed by atoms with E-state index in [-0.39, 0.29) is 0 Å². The molecule has 0 radical (unpaired) electrons. The van der Waals surface area contributed by atoms with E-state index >= 15 is 0 Å². The van der Waals surface area contributed by atoms with Gasteiger partial charge in [0.05, 0.1) is 19.3 Å². The molecule has 10 atom stereocenters. The van der Waals surface area contributed by atoms with Crippen molar-refractivity contribution in [2.45, 2.75) is 75.3 Å². The van der Waals surface area contributed by atoms with Crippen molar-refractivity contribution < 1.29 is 49.2 Å². The highest BCUT2D eigenvalue weighted by Crippen LogP contribution is 2.30. The Morgan fingerprint density at radius 3 is 1.79 bits per heavy atom. The van der Waals surface area contributed by atoms with Gasteiger partial charge in [-0.05, 0) is 38.1 Å². The summed E-state index contributed by atoms with van der Waals surface area (Å²) in [5, 5.41) is 50.7. The predicted octanol–water partition coefficient (Wildman–Crippen LogP) is -1.25. The van der Waals surface area contributed by atoms with E-state index in [2.05, 4.69) is 0 Å². The van der Waals surface area contributed by atoms with Crippen LogP contribution in [0.2, 0.25) is 0 Å². The van der Waals surface area contributed by atoms with Crippen LogP contribution >= 0.6 is 0 Å². The van der Waals surface area contributed by atoms with E-state index in [1.54, 1.807) is 31.2 Å². The van der Waals surface area contributed by atoms with Gasteiger partial charge in [0.1, 0.15) is 42.0 Å². The molecule has 0 aliphatic carbocycles. The number of benzene rings is 1. The third-order valence-electron chi connectivity index (χ3n) is 5.20. The summed E-state index contributed by atoms with van der Waals surface area (Å²) in [5.74, 6) is 1.02.